The number of ether oxygens (including phenoxy) is 1. The van der Waals surface area contributed by atoms with Gasteiger partial charge in [-0.1, -0.05) is 48.5 Å². The number of methoxy groups -OCH3 is 1. The maximum Gasteiger partial charge on any atom is 0.404 e. The molecule has 0 aromatic heterocycles. The highest BCUT2D eigenvalue weighted by molar-refractivity contribution is 5.64. The molecule has 5 heteroatoms. The molecule has 144 valence electrons. The number of carboxylic acid groups (broad SMARTS) is 1. The highest BCUT2D eigenvalue weighted by atomic mass is 16.5. The summed E-state index contributed by atoms with van der Waals surface area (Å²) in [6, 6.07) is 18.2. The average Bonchev–Trinajstić information content (AvgIpc) is 2.69. The molecule has 0 spiro atoms. The minimum absolute atomic E-state index is 0.104. The normalized spacial score (nSPS) is 16.6. The minimum atomic E-state index is -0.958. The molecule has 3 rings (SSSR count). The van der Waals surface area contributed by atoms with Crippen LogP contribution in [-0.2, 0) is 6.42 Å². The molecular weight excluding hydrogens is 340 g/mol. The predicted octanol–water partition coefficient (Wildman–Crippen LogP) is 3.75. The van der Waals surface area contributed by atoms with E-state index in [0.29, 0.717) is 12.3 Å². The van der Waals surface area contributed by atoms with Crippen molar-refractivity contribution in [1.82, 2.24) is 10.2 Å². The first-order valence-corrected chi connectivity index (χ1v) is 9.54. The van der Waals surface area contributed by atoms with Gasteiger partial charge in [-0.2, -0.15) is 0 Å². The first kappa shape index (κ1) is 19.2. The Balaban J connectivity index is 1.58. The Morgan fingerprint density at radius 2 is 1.81 bits per heavy atom. The van der Waals surface area contributed by atoms with E-state index in [0.717, 1.165) is 43.8 Å². The van der Waals surface area contributed by atoms with Crippen LogP contribution in [0.15, 0.2) is 54.6 Å². The van der Waals surface area contributed by atoms with E-state index in [1.165, 1.54) is 5.56 Å². The van der Waals surface area contributed by atoms with Crippen molar-refractivity contribution in [2.45, 2.75) is 31.2 Å². The molecule has 1 heterocycles. The lowest BCUT2D eigenvalue weighted by Gasteiger charge is -2.34. The number of carbonyl (C=O) groups is 1. The summed E-state index contributed by atoms with van der Waals surface area (Å²) >= 11 is 0. The van der Waals surface area contributed by atoms with Gasteiger partial charge in [0.1, 0.15) is 5.75 Å². The van der Waals surface area contributed by atoms with Crippen LogP contribution < -0.4 is 10.1 Å². The van der Waals surface area contributed by atoms with E-state index in [4.69, 9.17) is 4.74 Å². The van der Waals surface area contributed by atoms with E-state index in [1.54, 1.807) is 7.11 Å². The van der Waals surface area contributed by atoms with Gasteiger partial charge in [-0.25, -0.2) is 4.79 Å². The maximum atomic E-state index is 11.2. The number of hydrogen-bond donors (Lipinski definition) is 2. The molecule has 0 saturated carbocycles. The van der Waals surface area contributed by atoms with Crippen molar-refractivity contribution in [3.63, 3.8) is 0 Å². The quantitative estimate of drug-likeness (QED) is 0.781. The number of hydrogen-bond acceptors (Lipinski definition) is 3. The van der Waals surface area contributed by atoms with Crippen molar-refractivity contribution in [2.75, 3.05) is 26.7 Å². The summed E-state index contributed by atoms with van der Waals surface area (Å²) in [4.78, 5) is 13.6. The van der Waals surface area contributed by atoms with Crippen molar-refractivity contribution in [2.24, 2.45) is 0 Å². The number of nitrogens with one attached hydrogen (secondary N) is 1. The van der Waals surface area contributed by atoms with Crippen LogP contribution in [0.4, 0.5) is 4.79 Å². The number of amides is 1. The lowest BCUT2D eigenvalue weighted by molar-refractivity contribution is 0.168. The molecule has 1 fully saturated rings. The van der Waals surface area contributed by atoms with Crippen molar-refractivity contribution in [3.05, 3.63) is 65.7 Å². The molecule has 1 aliphatic rings. The van der Waals surface area contributed by atoms with Gasteiger partial charge in [-0.3, -0.25) is 0 Å². The van der Waals surface area contributed by atoms with E-state index >= 15 is 0 Å². The monoisotopic (exact) mass is 368 g/mol. The molecule has 2 aromatic carbocycles. The SMILES string of the molecule is COc1ccccc1C1CCN(C[C@@H](Cc2ccccc2)NC(=O)O)CC1. The van der Waals surface area contributed by atoms with Gasteiger partial charge in [0.25, 0.3) is 0 Å². The fraction of sp³-hybridized carbons (Fsp3) is 0.409. The third kappa shape index (κ3) is 5.47. The predicted molar refractivity (Wildman–Crippen MR) is 107 cm³/mol. The van der Waals surface area contributed by atoms with E-state index in [9.17, 15) is 9.90 Å². The van der Waals surface area contributed by atoms with Gasteiger partial charge in [0, 0.05) is 12.6 Å². The summed E-state index contributed by atoms with van der Waals surface area (Å²) in [6.45, 7) is 2.67. The van der Waals surface area contributed by atoms with Crippen LogP contribution in [0.2, 0.25) is 0 Å². The molecule has 0 unspecified atom stereocenters. The third-order valence-electron chi connectivity index (χ3n) is 5.30. The highest BCUT2D eigenvalue weighted by Crippen LogP contribution is 2.34. The number of benzene rings is 2. The zero-order chi connectivity index (χ0) is 19.1. The Hall–Kier alpha value is -2.53. The van der Waals surface area contributed by atoms with Crippen molar-refractivity contribution in [3.8, 4) is 5.75 Å². The second-order valence-electron chi connectivity index (χ2n) is 7.15. The topological polar surface area (TPSA) is 61.8 Å². The van der Waals surface area contributed by atoms with E-state index in [-0.39, 0.29) is 6.04 Å². The Bertz CT molecular complexity index is 727. The smallest absolute Gasteiger partial charge is 0.404 e. The van der Waals surface area contributed by atoms with Crippen molar-refractivity contribution in [1.29, 1.82) is 0 Å². The molecule has 0 bridgehead atoms. The van der Waals surface area contributed by atoms with Gasteiger partial charge in [0.05, 0.1) is 7.11 Å². The van der Waals surface area contributed by atoms with E-state index in [1.807, 2.05) is 42.5 Å². The molecule has 0 radical (unpaired) electrons. The maximum absolute atomic E-state index is 11.2. The Morgan fingerprint density at radius 3 is 2.48 bits per heavy atom. The molecule has 0 aliphatic carbocycles. The van der Waals surface area contributed by atoms with Crippen molar-refractivity contribution >= 4 is 6.09 Å². The van der Waals surface area contributed by atoms with E-state index in [2.05, 4.69) is 22.3 Å². The fourth-order valence-corrected chi connectivity index (χ4v) is 3.98. The number of nitrogens with zero attached hydrogens (tertiary/aromatic N) is 1. The summed E-state index contributed by atoms with van der Waals surface area (Å²) in [5.74, 6) is 1.46. The van der Waals surface area contributed by atoms with Gasteiger partial charge in [0.2, 0.25) is 0 Å². The number of rotatable bonds is 7. The number of likely N-dealkylation sites (tertiary alicyclic amines) is 1. The van der Waals surface area contributed by atoms with Crippen LogP contribution in [0.1, 0.15) is 29.9 Å². The minimum Gasteiger partial charge on any atom is -0.496 e. The molecule has 2 aromatic rings. The van der Waals surface area contributed by atoms with Crippen LogP contribution >= 0.6 is 0 Å². The standard InChI is InChI=1S/C22H28N2O3/c1-27-21-10-6-5-9-20(21)18-11-13-24(14-12-18)16-19(23-22(25)26)15-17-7-3-2-4-8-17/h2-10,18-19,23H,11-16H2,1H3,(H,25,26)/t19-/m1/s1. The van der Waals surface area contributed by atoms with Gasteiger partial charge in [0.15, 0.2) is 0 Å². The number of para-hydroxylation sites is 1. The van der Waals surface area contributed by atoms with Crippen LogP contribution in [0, 0.1) is 0 Å². The molecule has 27 heavy (non-hydrogen) atoms. The fourth-order valence-electron chi connectivity index (χ4n) is 3.98. The Kier molecular flexibility index (Phi) is 6.71. The second-order valence-corrected chi connectivity index (χ2v) is 7.15. The summed E-state index contributed by atoms with van der Waals surface area (Å²) in [5.41, 5.74) is 2.43. The Morgan fingerprint density at radius 1 is 1.15 bits per heavy atom. The number of piperidine rings is 1. The molecule has 5 nitrogen and oxygen atoms in total. The van der Waals surface area contributed by atoms with Crippen LogP contribution in [0.25, 0.3) is 0 Å². The lowest BCUT2D eigenvalue weighted by Crippen LogP contribution is -2.46. The highest BCUT2D eigenvalue weighted by Gasteiger charge is 2.25. The van der Waals surface area contributed by atoms with Crippen LogP contribution in [0.3, 0.4) is 0 Å². The molecule has 1 amide bonds. The summed E-state index contributed by atoms with van der Waals surface area (Å²) in [6.07, 6.45) is 1.87. The lowest BCUT2D eigenvalue weighted by atomic mass is 9.88. The van der Waals surface area contributed by atoms with Gasteiger partial charge >= 0.3 is 6.09 Å². The molecule has 1 atom stereocenters. The molecular formula is C22H28N2O3. The summed E-state index contributed by atoms with van der Waals surface area (Å²) in [7, 11) is 1.72. The van der Waals surface area contributed by atoms with Gasteiger partial charge in [-0.15, -0.1) is 0 Å². The van der Waals surface area contributed by atoms with Crippen LogP contribution in [0.5, 0.6) is 5.75 Å². The Labute approximate surface area is 161 Å². The molecule has 1 aliphatic heterocycles. The summed E-state index contributed by atoms with van der Waals surface area (Å²) < 4.78 is 5.51. The van der Waals surface area contributed by atoms with Crippen molar-refractivity contribution < 1.29 is 14.6 Å². The first-order chi connectivity index (χ1) is 13.2. The third-order valence-corrected chi connectivity index (χ3v) is 5.30. The summed E-state index contributed by atoms with van der Waals surface area (Å²) in [5, 5.41) is 11.9. The van der Waals surface area contributed by atoms with Gasteiger partial charge < -0.3 is 20.1 Å². The first-order valence-electron chi connectivity index (χ1n) is 9.54. The molecule has 1 saturated heterocycles. The zero-order valence-electron chi connectivity index (χ0n) is 15.8. The molecule has 2 N–H and O–H groups in total. The largest absolute Gasteiger partial charge is 0.496 e. The average molecular weight is 368 g/mol. The second kappa shape index (κ2) is 9.42. The van der Waals surface area contributed by atoms with Gasteiger partial charge in [-0.05, 0) is 55.5 Å². The zero-order valence-corrected chi connectivity index (χ0v) is 15.8. The van der Waals surface area contributed by atoms with E-state index < -0.39 is 6.09 Å². The van der Waals surface area contributed by atoms with Crippen LogP contribution in [-0.4, -0.2) is 48.9 Å².